The van der Waals surface area contributed by atoms with Crippen LogP contribution >= 0.6 is 0 Å². The van der Waals surface area contributed by atoms with Crippen molar-refractivity contribution >= 4 is 22.5 Å². The molecular formula is C15H17N3O. The average Bonchev–Trinajstić information content (AvgIpc) is 2.80. The minimum atomic E-state index is -0.113. The van der Waals surface area contributed by atoms with Gasteiger partial charge in [-0.25, -0.2) is 0 Å². The monoisotopic (exact) mass is 255 g/mol. The number of aromatic amines is 1. The van der Waals surface area contributed by atoms with Crippen molar-refractivity contribution in [3.63, 3.8) is 0 Å². The zero-order valence-electron chi connectivity index (χ0n) is 10.9. The Labute approximate surface area is 112 Å². The summed E-state index contributed by atoms with van der Waals surface area (Å²) in [5.74, 6) is 2.46. The van der Waals surface area contributed by atoms with Gasteiger partial charge in [-0.15, -0.1) is 12.3 Å². The van der Waals surface area contributed by atoms with Crippen molar-refractivity contribution < 1.29 is 4.79 Å². The molecule has 4 N–H and O–H groups in total. The Morgan fingerprint density at radius 1 is 1.58 bits per heavy atom. The topological polar surface area (TPSA) is 70.9 Å². The minimum absolute atomic E-state index is 0.0104. The van der Waals surface area contributed by atoms with Gasteiger partial charge in [0.15, 0.2) is 0 Å². The van der Waals surface area contributed by atoms with Gasteiger partial charge in [-0.1, -0.05) is 6.92 Å². The summed E-state index contributed by atoms with van der Waals surface area (Å²) in [5, 5.41) is 3.81. The van der Waals surface area contributed by atoms with E-state index in [1.807, 2.05) is 19.1 Å². The number of hydrogen-bond donors (Lipinski definition) is 3. The van der Waals surface area contributed by atoms with Crippen molar-refractivity contribution in [2.45, 2.75) is 25.8 Å². The molecule has 1 amide bonds. The van der Waals surface area contributed by atoms with Crippen LogP contribution in [0.3, 0.4) is 0 Å². The SMILES string of the molecule is C#CCC(CC)NC(=O)c1c[nH]c2cc(N)ccc12. The zero-order chi connectivity index (χ0) is 13.8. The molecule has 0 saturated heterocycles. The number of nitrogens with one attached hydrogen (secondary N) is 2. The van der Waals surface area contributed by atoms with E-state index >= 15 is 0 Å². The van der Waals surface area contributed by atoms with Crippen LogP contribution < -0.4 is 11.1 Å². The molecule has 0 aliphatic heterocycles. The predicted octanol–water partition coefficient (Wildman–Crippen LogP) is 2.28. The second kappa shape index (κ2) is 5.49. The lowest BCUT2D eigenvalue weighted by Gasteiger charge is -2.13. The molecule has 1 atom stereocenters. The first kappa shape index (κ1) is 13.0. The van der Waals surface area contributed by atoms with Crippen molar-refractivity contribution in [2.75, 3.05) is 5.73 Å². The summed E-state index contributed by atoms with van der Waals surface area (Å²) >= 11 is 0. The first-order valence-corrected chi connectivity index (χ1v) is 6.26. The maximum Gasteiger partial charge on any atom is 0.253 e. The summed E-state index contributed by atoms with van der Waals surface area (Å²) in [7, 11) is 0. The Morgan fingerprint density at radius 2 is 2.37 bits per heavy atom. The van der Waals surface area contributed by atoms with Crippen molar-refractivity contribution in [2.24, 2.45) is 0 Å². The van der Waals surface area contributed by atoms with E-state index in [1.165, 1.54) is 0 Å². The number of aromatic nitrogens is 1. The van der Waals surface area contributed by atoms with E-state index in [2.05, 4.69) is 16.2 Å². The summed E-state index contributed by atoms with van der Waals surface area (Å²) in [6, 6.07) is 5.45. The number of nitrogens with two attached hydrogens (primary N) is 1. The van der Waals surface area contributed by atoms with Crippen LogP contribution in [0.4, 0.5) is 5.69 Å². The lowest BCUT2D eigenvalue weighted by Crippen LogP contribution is -2.33. The number of nitrogen functional groups attached to an aromatic ring is 1. The molecule has 0 spiro atoms. The highest BCUT2D eigenvalue weighted by Gasteiger charge is 2.15. The Morgan fingerprint density at radius 3 is 3.05 bits per heavy atom. The van der Waals surface area contributed by atoms with Crippen LogP contribution in [0.25, 0.3) is 10.9 Å². The molecule has 0 aliphatic rings. The molecule has 4 nitrogen and oxygen atoms in total. The number of H-pyrrole nitrogens is 1. The van der Waals surface area contributed by atoms with Crippen LogP contribution in [-0.4, -0.2) is 16.9 Å². The van der Waals surface area contributed by atoms with E-state index in [9.17, 15) is 4.79 Å². The first-order chi connectivity index (χ1) is 9.15. The molecule has 19 heavy (non-hydrogen) atoms. The summed E-state index contributed by atoms with van der Waals surface area (Å²) in [6.07, 6.45) is 8.33. The van der Waals surface area contributed by atoms with Gasteiger partial charge in [0, 0.05) is 35.2 Å². The second-order valence-corrected chi connectivity index (χ2v) is 4.49. The largest absolute Gasteiger partial charge is 0.399 e. The maximum atomic E-state index is 12.2. The second-order valence-electron chi connectivity index (χ2n) is 4.49. The smallest absolute Gasteiger partial charge is 0.253 e. The number of carbonyl (C=O) groups excluding carboxylic acids is 1. The molecule has 0 fully saturated rings. The Bertz CT molecular complexity index is 636. The van der Waals surface area contributed by atoms with Crippen LogP contribution in [0.15, 0.2) is 24.4 Å². The van der Waals surface area contributed by atoms with Gasteiger partial charge < -0.3 is 16.0 Å². The molecule has 0 bridgehead atoms. The summed E-state index contributed by atoms with van der Waals surface area (Å²) in [4.78, 5) is 15.3. The number of rotatable bonds is 4. The number of fused-ring (bicyclic) bond motifs is 1. The molecule has 1 heterocycles. The molecular weight excluding hydrogens is 238 g/mol. The van der Waals surface area contributed by atoms with E-state index in [1.54, 1.807) is 12.3 Å². The Kier molecular flexibility index (Phi) is 3.76. The maximum absolute atomic E-state index is 12.2. The number of anilines is 1. The third-order valence-electron chi connectivity index (χ3n) is 3.14. The fourth-order valence-electron chi connectivity index (χ4n) is 2.03. The van der Waals surface area contributed by atoms with E-state index in [4.69, 9.17) is 12.2 Å². The normalized spacial score (nSPS) is 12.0. The van der Waals surface area contributed by atoms with Crippen molar-refractivity contribution in [3.05, 3.63) is 30.0 Å². The van der Waals surface area contributed by atoms with E-state index in [0.717, 1.165) is 17.3 Å². The van der Waals surface area contributed by atoms with Crippen molar-refractivity contribution in [1.82, 2.24) is 10.3 Å². The van der Waals surface area contributed by atoms with Crippen molar-refractivity contribution in [3.8, 4) is 12.3 Å². The van der Waals surface area contributed by atoms with Gasteiger partial charge in [0.25, 0.3) is 5.91 Å². The van der Waals surface area contributed by atoms with Crippen LogP contribution in [0.1, 0.15) is 30.1 Å². The van der Waals surface area contributed by atoms with Crippen molar-refractivity contribution in [1.29, 1.82) is 0 Å². The van der Waals surface area contributed by atoms with E-state index < -0.39 is 0 Å². The molecule has 1 aromatic carbocycles. The van der Waals surface area contributed by atoms with Gasteiger partial charge in [-0.3, -0.25) is 4.79 Å². The fourth-order valence-corrected chi connectivity index (χ4v) is 2.03. The van der Waals surface area contributed by atoms with Crippen LogP contribution in [0.2, 0.25) is 0 Å². The Balaban J connectivity index is 2.24. The lowest BCUT2D eigenvalue weighted by molar-refractivity contribution is 0.0938. The third kappa shape index (κ3) is 2.71. The number of terminal acetylenes is 1. The highest BCUT2D eigenvalue weighted by Crippen LogP contribution is 2.20. The molecule has 2 aromatic rings. The van der Waals surface area contributed by atoms with E-state index in [0.29, 0.717) is 17.7 Å². The van der Waals surface area contributed by atoms with Crippen LogP contribution in [-0.2, 0) is 0 Å². The number of amides is 1. The third-order valence-corrected chi connectivity index (χ3v) is 3.14. The minimum Gasteiger partial charge on any atom is -0.399 e. The first-order valence-electron chi connectivity index (χ1n) is 6.26. The summed E-state index contributed by atoms with van der Waals surface area (Å²) in [5.41, 5.74) is 7.85. The zero-order valence-corrected chi connectivity index (χ0v) is 10.9. The quantitative estimate of drug-likeness (QED) is 0.579. The molecule has 0 radical (unpaired) electrons. The van der Waals surface area contributed by atoms with Gasteiger partial charge >= 0.3 is 0 Å². The van der Waals surface area contributed by atoms with Gasteiger partial charge in [0.1, 0.15) is 0 Å². The van der Waals surface area contributed by atoms with Gasteiger partial charge in [0.2, 0.25) is 0 Å². The number of benzene rings is 1. The number of carbonyl (C=O) groups is 1. The molecule has 0 saturated carbocycles. The standard InChI is InChI=1S/C15H17N3O/c1-3-5-11(4-2)18-15(19)13-9-17-14-8-10(16)6-7-12(13)14/h1,6-9,11,17H,4-5,16H2,2H3,(H,18,19). The van der Waals surface area contributed by atoms with Gasteiger partial charge in [-0.2, -0.15) is 0 Å². The van der Waals surface area contributed by atoms with Gasteiger partial charge in [-0.05, 0) is 24.6 Å². The van der Waals surface area contributed by atoms with Crippen LogP contribution in [0, 0.1) is 12.3 Å². The molecule has 2 rings (SSSR count). The number of hydrogen-bond acceptors (Lipinski definition) is 2. The van der Waals surface area contributed by atoms with Crippen LogP contribution in [0.5, 0.6) is 0 Å². The fraction of sp³-hybridized carbons (Fsp3) is 0.267. The molecule has 0 aliphatic carbocycles. The average molecular weight is 255 g/mol. The molecule has 4 heteroatoms. The summed E-state index contributed by atoms with van der Waals surface area (Å²) < 4.78 is 0. The summed E-state index contributed by atoms with van der Waals surface area (Å²) in [6.45, 7) is 2.00. The van der Waals surface area contributed by atoms with E-state index in [-0.39, 0.29) is 11.9 Å². The molecule has 1 aromatic heterocycles. The predicted molar refractivity (Wildman–Crippen MR) is 77.7 cm³/mol. The lowest BCUT2D eigenvalue weighted by atomic mass is 10.1. The molecule has 1 unspecified atom stereocenters. The highest BCUT2D eigenvalue weighted by molar-refractivity contribution is 6.07. The highest BCUT2D eigenvalue weighted by atomic mass is 16.1. The molecule has 98 valence electrons. The van der Waals surface area contributed by atoms with Gasteiger partial charge in [0.05, 0.1) is 5.56 Å². The Hall–Kier alpha value is -2.41.